The number of likely N-dealkylation sites (tertiary alicyclic amines) is 1. The molecule has 0 bridgehead atoms. The third kappa shape index (κ3) is 4.54. The number of amides is 3. The lowest BCUT2D eigenvalue weighted by Crippen LogP contribution is -2.42. The van der Waals surface area contributed by atoms with Gasteiger partial charge in [-0.15, -0.1) is 0 Å². The first-order valence-electron chi connectivity index (χ1n) is 10.8. The zero-order valence-corrected chi connectivity index (χ0v) is 16.9. The van der Waals surface area contributed by atoms with Crippen LogP contribution in [0, 0.1) is 11.8 Å². The minimum absolute atomic E-state index is 0.0385. The zero-order valence-electron chi connectivity index (χ0n) is 16.9. The molecule has 3 fully saturated rings. The third-order valence-corrected chi connectivity index (χ3v) is 6.34. The highest BCUT2D eigenvalue weighted by atomic mass is 16.2. The van der Waals surface area contributed by atoms with Crippen molar-refractivity contribution in [2.45, 2.75) is 44.9 Å². The molecule has 0 unspecified atom stereocenters. The van der Waals surface area contributed by atoms with Crippen molar-refractivity contribution in [3.63, 3.8) is 0 Å². The minimum atomic E-state index is -0.502. The standard InChI is InChI=1S/C22H30N4O3/c23-20(27)17-6-7-19(25-10-2-1-3-11-25)18(14-17)24-21(28)15-8-12-26(13-9-15)22(29)16-4-5-16/h6-7,14-16H,1-5,8-13H2,(H2,23,27)(H,24,28). The fraction of sp³-hybridized carbons (Fsp3) is 0.591. The summed E-state index contributed by atoms with van der Waals surface area (Å²) in [6, 6.07) is 5.30. The van der Waals surface area contributed by atoms with Crippen molar-refractivity contribution in [1.82, 2.24) is 4.90 Å². The Hall–Kier alpha value is -2.57. The van der Waals surface area contributed by atoms with Crippen molar-refractivity contribution < 1.29 is 14.4 Å². The molecule has 7 heteroatoms. The highest BCUT2D eigenvalue weighted by molar-refractivity contribution is 6.00. The summed E-state index contributed by atoms with van der Waals surface area (Å²) >= 11 is 0. The molecule has 1 saturated carbocycles. The molecule has 2 saturated heterocycles. The zero-order chi connectivity index (χ0) is 20.4. The van der Waals surface area contributed by atoms with E-state index in [1.54, 1.807) is 12.1 Å². The molecule has 3 aliphatic rings. The molecule has 29 heavy (non-hydrogen) atoms. The smallest absolute Gasteiger partial charge is 0.248 e. The largest absolute Gasteiger partial charge is 0.370 e. The van der Waals surface area contributed by atoms with Gasteiger partial charge in [0, 0.05) is 43.6 Å². The second-order valence-corrected chi connectivity index (χ2v) is 8.51. The van der Waals surface area contributed by atoms with Crippen LogP contribution < -0.4 is 16.0 Å². The molecular weight excluding hydrogens is 368 g/mol. The second-order valence-electron chi connectivity index (χ2n) is 8.51. The summed E-state index contributed by atoms with van der Waals surface area (Å²) in [5.41, 5.74) is 7.46. The summed E-state index contributed by atoms with van der Waals surface area (Å²) in [5.74, 6) is -0.180. The summed E-state index contributed by atoms with van der Waals surface area (Å²) in [6.45, 7) is 3.18. The molecule has 0 atom stereocenters. The predicted molar refractivity (Wildman–Crippen MR) is 112 cm³/mol. The van der Waals surface area contributed by atoms with Gasteiger partial charge in [-0.2, -0.15) is 0 Å². The van der Waals surface area contributed by atoms with Crippen LogP contribution in [0.2, 0.25) is 0 Å². The van der Waals surface area contributed by atoms with Crippen LogP contribution in [-0.2, 0) is 9.59 Å². The average molecular weight is 399 g/mol. The van der Waals surface area contributed by atoms with Crippen LogP contribution in [0.3, 0.4) is 0 Å². The minimum Gasteiger partial charge on any atom is -0.370 e. The molecule has 1 aromatic rings. The van der Waals surface area contributed by atoms with Crippen LogP contribution in [0.1, 0.15) is 55.3 Å². The lowest BCUT2D eigenvalue weighted by atomic mass is 9.95. The fourth-order valence-corrected chi connectivity index (χ4v) is 4.39. The first-order valence-corrected chi connectivity index (χ1v) is 10.8. The molecule has 1 aromatic carbocycles. The molecule has 0 spiro atoms. The van der Waals surface area contributed by atoms with Gasteiger partial charge < -0.3 is 20.9 Å². The Morgan fingerprint density at radius 2 is 1.59 bits per heavy atom. The second kappa shape index (κ2) is 8.43. The van der Waals surface area contributed by atoms with Crippen molar-refractivity contribution in [2.75, 3.05) is 36.4 Å². The van der Waals surface area contributed by atoms with E-state index in [4.69, 9.17) is 5.73 Å². The van der Waals surface area contributed by atoms with Gasteiger partial charge in [0.2, 0.25) is 17.7 Å². The summed E-state index contributed by atoms with van der Waals surface area (Å²) in [7, 11) is 0. The van der Waals surface area contributed by atoms with Crippen LogP contribution in [0.25, 0.3) is 0 Å². The number of anilines is 2. The number of piperidine rings is 2. The topological polar surface area (TPSA) is 95.7 Å². The number of carbonyl (C=O) groups is 3. The molecule has 3 amide bonds. The van der Waals surface area contributed by atoms with Gasteiger partial charge in [-0.1, -0.05) is 0 Å². The molecule has 156 valence electrons. The summed E-state index contributed by atoms with van der Waals surface area (Å²) in [6.07, 6.45) is 6.84. The van der Waals surface area contributed by atoms with E-state index in [0.717, 1.165) is 44.5 Å². The Balaban J connectivity index is 1.44. The molecule has 4 rings (SSSR count). The number of nitrogens with zero attached hydrogens (tertiary/aromatic N) is 2. The van der Waals surface area contributed by atoms with Crippen molar-refractivity contribution in [3.05, 3.63) is 23.8 Å². The monoisotopic (exact) mass is 398 g/mol. The van der Waals surface area contributed by atoms with Crippen molar-refractivity contribution in [1.29, 1.82) is 0 Å². The SMILES string of the molecule is NC(=O)c1ccc(N2CCCCC2)c(NC(=O)C2CCN(C(=O)C3CC3)CC2)c1. The average Bonchev–Trinajstić information content (AvgIpc) is 3.59. The van der Waals surface area contributed by atoms with Crippen LogP contribution in [-0.4, -0.2) is 48.8 Å². The fourth-order valence-electron chi connectivity index (χ4n) is 4.39. The lowest BCUT2D eigenvalue weighted by molar-refractivity contribution is -0.135. The van der Waals surface area contributed by atoms with E-state index >= 15 is 0 Å². The Morgan fingerprint density at radius 3 is 2.21 bits per heavy atom. The number of rotatable bonds is 5. The van der Waals surface area contributed by atoms with Gasteiger partial charge in [0.25, 0.3) is 0 Å². The van der Waals surface area contributed by atoms with E-state index in [-0.39, 0.29) is 23.7 Å². The quantitative estimate of drug-likeness (QED) is 0.796. The molecule has 2 heterocycles. The van der Waals surface area contributed by atoms with Crippen molar-refractivity contribution in [3.8, 4) is 0 Å². The maximum Gasteiger partial charge on any atom is 0.248 e. The molecule has 2 aliphatic heterocycles. The van der Waals surface area contributed by atoms with Gasteiger partial charge >= 0.3 is 0 Å². The highest BCUT2D eigenvalue weighted by Gasteiger charge is 2.36. The number of nitrogens with two attached hydrogens (primary N) is 1. The van der Waals surface area contributed by atoms with Gasteiger partial charge in [0.15, 0.2) is 0 Å². The normalized spacial score (nSPS) is 20.4. The maximum absolute atomic E-state index is 13.0. The van der Waals surface area contributed by atoms with E-state index in [9.17, 15) is 14.4 Å². The number of primary amides is 1. The number of benzene rings is 1. The summed E-state index contributed by atoms with van der Waals surface area (Å²) in [5, 5.41) is 3.06. The number of carbonyl (C=O) groups excluding carboxylic acids is 3. The molecular formula is C22H30N4O3. The number of hydrogen-bond donors (Lipinski definition) is 2. The van der Waals surface area contributed by atoms with E-state index in [1.807, 2.05) is 11.0 Å². The molecule has 3 N–H and O–H groups in total. The summed E-state index contributed by atoms with van der Waals surface area (Å²) < 4.78 is 0. The van der Waals surface area contributed by atoms with E-state index < -0.39 is 5.91 Å². The Kier molecular flexibility index (Phi) is 5.74. The van der Waals surface area contributed by atoms with Crippen molar-refractivity contribution in [2.24, 2.45) is 17.6 Å². The Labute approximate surface area is 171 Å². The van der Waals surface area contributed by atoms with Gasteiger partial charge in [-0.05, 0) is 63.1 Å². The Morgan fingerprint density at radius 1 is 0.897 bits per heavy atom. The first-order chi connectivity index (χ1) is 14.0. The van der Waals surface area contributed by atoms with Gasteiger partial charge in [-0.3, -0.25) is 14.4 Å². The lowest BCUT2D eigenvalue weighted by Gasteiger charge is -2.33. The van der Waals surface area contributed by atoms with Crippen LogP contribution in [0.4, 0.5) is 11.4 Å². The first kappa shape index (κ1) is 19.7. The van der Waals surface area contributed by atoms with Gasteiger partial charge in [-0.25, -0.2) is 0 Å². The maximum atomic E-state index is 13.0. The number of nitrogens with one attached hydrogen (secondary N) is 1. The van der Waals surface area contributed by atoms with E-state index in [2.05, 4.69) is 10.2 Å². The molecule has 0 aromatic heterocycles. The molecule has 1 aliphatic carbocycles. The molecule has 0 radical (unpaired) electrons. The summed E-state index contributed by atoms with van der Waals surface area (Å²) in [4.78, 5) is 41.0. The van der Waals surface area contributed by atoms with Crippen LogP contribution in [0.5, 0.6) is 0 Å². The van der Waals surface area contributed by atoms with Crippen molar-refractivity contribution >= 4 is 29.1 Å². The third-order valence-electron chi connectivity index (χ3n) is 6.34. The van der Waals surface area contributed by atoms with Gasteiger partial charge in [0.05, 0.1) is 11.4 Å². The number of hydrogen-bond acceptors (Lipinski definition) is 4. The highest BCUT2D eigenvalue weighted by Crippen LogP contribution is 2.33. The Bertz CT molecular complexity index is 791. The predicted octanol–water partition coefficient (Wildman–Crippen LogP) is 2.36. The van der Waals surface area contributed by atoms with Crippen LogP contribution >= 0.6 is 0 Å². The van der Waals surface area contributed by atoms with E-state index in [0.29, 0.717) is 37.2 Å². The molecule has 7 nitrogen and oxygen atoms in total. The van der Waals surface area contributed by atoms with Gasteiger partial charge in [0.1, 0.15) is 0 Å². The van der Waals surface area contributed by atoms with Crippen LogP contribution in [0.15, 0.2) is 18.2 Å². The van der Waals surface area contributed by atoms with E-state index in [1.165, 1.54) is 6.42 Å².